The third-order valence-corrected chi connectivity index (χ3v) is 6.73. The Hall–Kier alpha value is -1.49. The number of aromatic nitrogens is 1. The van der Waals surface area contributed by atoms with Crippen LogP contribution in [0.1, 0.15) is 26.2 Å². The zero-order valence-corrected chi connectivity index (χ0v) is 15.8. The van der Waals surface area contributed by atoms with E-state index in [0.717, 1.165) is 0 Å². The van der Waals surface area contributed by atoms with Gasteiger partial charge in [-0.05, 0) is 44.6 Å². The molecule has 0 bridgehead atoms. The molecule has 132 valence electrons. The average molecular weight is 355 g/mol. The van der Waals surface area contributed by atoms with E-state index >= 15 is 0 Å². The van der Waals surface area contributed by atoms with E-state index in [-0.39, 0.29) is 11.6 Å². The van der Waals surface area contributed by atoms with Crippen molar-refractivity contribution in [3.63, 3.8) is 0 Å². The van der Waals surface area contributed by atoms with Crippen LogP contribution in [0.2, 0.25) is 0 Å². The van der Waals surface area contributed by atoms with E-state index in [2.05, 4.69) is 70.6 Å². The van der Waals surface area contributed by atoms with Crippen LogP contribution in [0.4, 0.5) is 0 Å². The summed E-state index contributed by atoms with van der Waals surface area (Å²) in [5.41, 5.74) is 2.66. The Labute approximate surface area is 153 Å². The standard InChI is InChI=1S/C21H26N2OS/c1-21(12-7-13-21)23(25-2)15-16(24)14-22-19-10-5-3-8-17(19)18-9-4-6-11-20(18)22/h3-6,8-11,16,24H,7,12-15H2,1-2H3. The van der Waals surface area contributed by atoms with Crippen LogP contribution >= 0.6 is 11.9 Å². The number of hydrogen-bond donors (Lipinski definition) is 1. The zero-order chi connectivity index (χ0) is 17.4. The van der Waals surface area contributed by atoms with Gasteiger partial charge in [0.25, 0.3) is 0 Å². The van der Waals surface area contributed by atoms with Gasteiger partial charge in [-0.3, -0.25) is 0 Å². The molecule has 1 atom stereocenters. The van der Waals surface area contributed by atoms with Gasteiger partial charge in [-0.1, -0.05) is 48.3 Å². The largest absolute Gasteiger partial charge is 0.390 e. The van der Waals surface area contributed by atoms with Crippen LogP contribution in [-0.2, 0) is 6.54 Å². The van der Waals surface area contributed by atoms with Crippen molar-refractivity contribution in [2.45, 2.75) is 44.4 Å². The molecule has 4 rings (SSSR count). The first kappa shape index (κ1) is 17.0. The molecule has 1 unspecified atom stereocenters. The molecule has 2 aromatic carbocycles. The van der Waals surface area contributed by atoms with Gasteiger partial charge < -0.3 is 9.67 Å². The van der Waals surface area contributed by atoms with Gasteiger partial charge >= 0.3 is 0 Å². The van der Waals surface area contributed by atoms with Crippen molar-refractivity contribution < 1.29 is 5.11 Å². The average Bonchev–Trinajstić information content (AvgIpc) is 2.92. The number of aliphatic hydroxyl groups excluding tert-OH is 1. The lowest BCUT2D eigenvalue weighted by molar-refractivity contribution is 0.0603. The molecule has 3 nitrogen and oxygen atoms in total. The molecule has 0 aliphatic heterocycles. The molecule has 1 aliphatic carbocycles. The molecule has 0 amide bonds. The molecule has 1 aliphatic rings. The maximum Gasteiger partial charge on any atom is 0.0855 e. The second-order valence-corrected chi connectivity index (χ2v) is 8.20. The van der Waals surface area contributed by atoms with E-state index in [4.69, 9.17) is 0 Å². The number of benzene rings is 2. The zero-order valence-electron chi connectivity index (χ0n) is 15.0. The summed E-state index contributed by atoms with van der Waals surface area (Å²) in [6.07, 6.45) is 5.50. The molecule has 0 radical (unpaired) electrons. The lowest BCUT2D eigenvalue weighted by Gasteiger charge is -2.47. The minimum atomic E-state index is -0.385. The van der Waals surface area contributed by atoms with E-state index in [0.29, 0.717) is 13.1 Å². The van der Waals surface area contributed by atoms with Gasteiger partial charge in [0, 0.05) is 33.9 Å². The number of aliphatic hydroxyl groups is 1. The highest BCUT2D eigenvalue weighted by Crippen LogP contribution is 2.40. The number of hydrogen-bond acceptors (Lipinski definition) is 3. The van der Waals surface area contributed by atoms with Gasteiger partial charge in [-0.2, -0.15) is 0 Å². The van der Waals surface area contributed by atoms with Crippen molar-refractivity contribution in [1.82, 2.24) is 8.87 Å². The van der Waals surface area contributed by atoms with Crippen LogP contribution in [0, 0.1) is 0 Å². The fourth-order valence-corrected chi connectivity index (χ4v) is 5.06. The smallest absolute Gasteiger partial charge is 0.0855 e. The van der Waals surface area contributed by atoms with Crippen LogP contribution in [0.15, 0.2) is 48.5 Å². The highest BCUT2D eigenvalue weighted by Gasteiger charge is 2.38. The predicted molar refractivity (Wildman–Crippen MR) is 108 cm³/mol. The van der Waals surface area contributed by atoms with E-state index in [9.17, 15) is 5.11 Å². The third-order valence-electron chi connectivity index (χ3n) is 5.70. The van der Waals surface area contributed by atoms with E-state index < -0.39 is 0 Å². The Bertz CT molecular complexity index is 831. The summed E-state index contributed by atoms with van der Waals surface area (Å²) < 4.78 is 4.66. The molecule has 0 spiro atoms. The summed E-state index contributed by atoms with van der Waals surface area (Å²) in [6.45, 7) is 3.65. The molecular weight excluding hydrogens is 328 g/mol. The van der Waals surface area contributed by atoms with Crippen molar-refractivity contribution in [3.8, 4) is 0 Å². The Morgan fingerprint density at radius 3 is 2.12 bits per heavy atom. The second-order valence-electron chi connectivity index (χ2n) is 7.39. The topological polar surface area (TPSA) is 28.4 Å². The second kappa shape index (κ2) is 6.67. The first-order chi connectivity index (χ1) is 12.1. The quantitative estimate of drug-likeness (QED) is 0.652. The number of fused-ring (bicyclic) bond motifs is 3. The number of rotatable bonds is 6. The van der Waals surface area contributed by atoms with Crippen LogP contribution in [-0.4, -0.2) is 38.4 Å². The maximum atomic E-state index is 10.8. The van der Waals surface area contributed by atoms with Gasteiger partial charge in [-0.25, -0.2) is 4.31 Å². The fraction of sp³-hybridized carbons (Fsp3) is 0.429. The number of para-hydroxylation sites is 2. The van der Waals surface area contributed by atoms with Crippen molar-refractivity contribution in [2.24, 2.45) is 0 Å². The monoisotopic (exact) mass is 354 g/mol. The van der Waals surface area contributed by atoms with Gasteiger partial charge in [0.1, 0.15) is 0 Å². The predicted octanol–water partition coefficient (Wildman–Crippen LogP) is 4.68. The van der Waals surface area contributed by atoms with Crippen molar-refractivity contribution in [1.29, 1.82) is 0 Å². The van der Waals surface area contributed by atoms with Crippen LogP contribution in [0.5, 0.6) is 0 Å². The summed E-state index contributed by atoms with van der Waals surface area (Å²) in [4.78, 5) is 0. The van der Waals surface area contributed by atoms with Crippen LogP contribution < -0.4 is 0 Å². The van der Waals surface area contributed by atoms with Crippen molar-refractivity contribution in [3.05, 3.63) is 48.5 Å². The Kier molecular flexibility index (Phi) is 4.52. The molecule has 1 saturated carbocycles. The number of nitrogens with zero attached hydrogens (tertiary/aromatic N) is 2. The molecule has 3 aromatic rings. The summed E-state index contributed by atoms with van der Waals surface area (Å²) in [5, 5.41) is 13.4. The molecule has 1 heterocycles. The van der Waals surface area contributed by atoms with E-state index in [1.807, 2.05) is 0 Å². The summed E-state index contributed by atoms with van der Waals surface area (Å²) in [6, 6.07) is 17.0. The van der Waals surface area contributed by atoms with Gasteiger partial charge in [0.2, 0.25) is 0 Å². The first-order valence-electron chi connectivity index (χ1n) is 9.08. The van der Waals surface area contributed by atoms with Gasteiger partial charge in [0.15, 0.2) is 0 Å². The van der Waals surface area contributed by atoms with E-state index in [1.165, 1.54) is 41.1 Å². The van der Waals surface area contributed by atoms with Crippen molar-refractivity contribution >= 4 is 33.8 Å². The lowest BCUT2D eigenvalue weighted by Crippen LogP contribution is -2.50. The van der Waals surface area contributed by atoms with E-state index in [1.54, 1.807) is 11.9 Å². The van der Waals surface area contributed by atoms with Crippen molar-refractivity contribution in [2.75, 3.05) is 12.8 Å². The SMILES string of the molecule is CSN(CC(O)Cn1c2ccccc2c2ccccc21)C1(C)CCC1. The summed E-state index contributed by atoms with van der Waals surface area (Å²) >= 11 is 1.76. The van der Waals surface area contributed by atoms with Gasteiger partial charge in [-0.15, -0.1) is 0 Å². The maximum absolute atomic E-state index is 10.8. The van der Waals surface area contributed by atoms with Crippen LogP contribution in [0.25, 0.3) is 21.8 Å². The Morgan fingerprint density at radius 1 is 1.08 bits per heavy atom. The molecule has 4 heteroatoms. The Morgan fingerprint density at radius 2 is 1.64 bits per heavy atom. The van der Waals surface area contributed by atoms with Crippen LogP contribution in [0.3, 0.4) is 0 Å². The highest BCUT2D eigenvalue weighted by atomic mass is 32.2. The minimum absolute atomic E-state index is 0.251. The molecule has 0 saturated heterocycles. The first-order valence-corrected chi connectivity index (χ1v) is 10.3. The molecular formula is C21H26N2OS. The third kappa shape index (κ3) is 2.97. The molecule has 1 fully saturated rings. The molecule has 1 N–H and O–H groups in total. The summed E-state index contributed by atoms with van der Waals surface area (Å²) in [7, 11) is 0. The summed E-state index contributed by atoms with van der Waals surface area (Å²) in [5.74, 6) is 0. The molecule has 25 heavy (non-hydrogen) atoms. The normalized spacial score (nSPS) is 17.9. The van der Waals surface area contributed by atoms with Gasteiger partial charge in [0.05, 0.1) is 12.6 Å². The fourth-order valence-electron chi connectivity index (χ4n) is 4.11. The Balaban J connectivity index is 1.63. The minimum Gasteiger partial charge on any atom is -0.390 e. The number of β-amino-alcohol motifs (C(OH)–C–C–N with tert-alkyl or cyclic N) is 1. The molecule has 1 aromatic heterocycles. The lowest BCUT2D eigenvalue weighted by atomic mass is 9.78. The highest BCUT2D eigenvalue weighted by molar-refractivity contribution is 7.96.